The van der Waals surface area contributed by atoms with E-state index in [-0.39, 0.29) is 24.0 Å². The highest BCUT2D eigenvalue weighted by Crippen LogP contribution is 2.35. The van der Waals surface area contributed by atoms with Crippen LogP contribution in [0.3, 0.4) is 0 Å². The lowest BCUT2D eigenvalue weighted by molar-refractivity contribution is 0.198. The smallest absolute Gasteiger partial charge is 0.191 e. The summed E-state index contributed by atoms with van der Waals surface area (Å²) in [6, 6.07) is 6.04. The molecule has 2 rings (SSSR count). The van der Waals surface area contributed by atoms with E-state index in [1.165, 1.54) is 12.8 Å². The van der Waals surface area contributed by atoms with Gasteiger partial charge in [0.25, 0.3) is 0 Å². The van der Waals surface area contributed by atoms with Gasteiger partial charge in [-0.15, -0.1) is 24.0 Å². The quantitative estimate of drug-likeness (QED) is 0.290. The molecule has 7 heteroatoms. The molecule has 0 radical (unpaired) electrons. The van der Waals surface area contributed by atoms with Gasteiger partial charge in [0.15, 0.2) is 17.5 Å². The summed E-state index contributed by atoms with van der Waals surface area (Å²) in [6.07, 6.45) is 5.02. The monoisotopic (exact) mass is 504 g/mol. The molecule has 1 aliphatic carbocycles. The fourth-order valence-electron chi connectivity index (χ4n) is 3.18. The van der Waals surface area contributed by atoms with Gasteiger partial charge in [-0.3, -0.25) is 0 Å². The van der Waals surface area contributed by atoms with Crippen LogP contribution in [0.4, 0.5) is 0 Å². The molecule has 28 heavy (non-hydrogen) atoms. The lowest BCUT2D eigenvalue weighted by Gasteiger charge is -2.19. The summed E-state index contributed by atoms with van der Waals surface area (Å²) in [5.74, 6) is 2.46. The van der Waals surface area contributed by atoms with Gasteiger partial charge in [-0.1, -0.05) is 19.1 Å². The minimum atomic E-state index is 0. The lowest BCUT2D eigenvalue weighted by atomic mass is 10.1. The SMILES string of the molecule is CCNC(=NCc1cccc(OC)c1OC1CCCC1)NCCN(C)CC.I. The molecule has 0 heterocycles. The number of guanidine groups is 1. The maximum Gasteiger partial charge on any atom is 0.191 e. The Bertz CT molecular complexity index is 592. The first-order valence-corrected chi connectivity index (χ1v) is 10.2. The van der Waals surface area contributed by atoms with Gasteiger partial charge in [-0.05, 0) is 52.3 Å². The molecule has 0 aromatic heterocycles. The van der Waals surface area contributed by atoms with E-state index in [1.54, 1.807) is 7.11 Å². The maximum atomic E-state index is 6.31. The summed E-state index contributed by atoms with van der Waals surface area (Å²) in [7, 11) is 3.81. The van der Waals surface area contributed by atoms with Crippen molar-refractivity contribution < 1.29 is 9.47 Å². The van der Waals surface area contributed by atoms with Crippen molar-refractivity contribution in [2.75, 3.05) is 40.3 Å². The number of methoxy groups -OCH3 is 1. The normalized spacial score (nSPS) is 14.7. The molecule has 0 atom stereocenters. The molecule has 2 N–H and O–H groups in total. The van der Waals surface area contributed by atoms with Gasteiger partial charge in [0.05, 0.1) is 19.8 Å². The third kappa shape index (κ3) is 8.03. The number of aliphatic imine (C=N–C) groups is 1. The van der Waals surface area contributed by atoms with E-state index in [1.807, 2.05) is 12.1 Å². The lowest BCUT2D eigenvalue weighted by Crippen LogP contribution is -2.40. The number of likely N-dealkylation sites (N-methyl/N-ethyl adjacent to an activating group) is 1. The average Bonchev–Trinajstić information content (AvgIpc) is 3.19. The standard InChI is InChI=1S/C21H36N4O2.HI/c1-5-22-21(23-14-15-25(3)6-2)24-16-17-10-9-13-19(26-4)20(17)27-18-11-7-8-12-18;/h9-10,13,18H,5-8,11-12,14-16H2,1-4H3,(H2,22,23,24);1H. The van der Waals surface area contributed by atoms with E-state index < -0.39 is 0 Å². The first kappa shape index (κ1) is 24.8. The molecule has 1 aromatic carbocycles. The second-order valence-electron chi connectivity index (χ2n) is 6.99. The molecule has 0 saturated heterocycles. The average molecular weight is 504 g/mol. The van der Waals surface area contributed by atoms with Crippen LogP contribution in [0, 0.1) is 0 Å². The molecule has 0 aliphatic heterocycles. The van der Waals surface area contributed by atoms with Crippen molar-refractivity contribution >= 4 is 29.9 Å². The number of rotatable bonds is 10. The molecular formula is C21H37IN4O2. The second-order valence-corrected chi connectivity index (χ2v) is 6.99. The number of ether oxygens (including phenoxy) is 2. The number of nitrogens with one attached hydrogen (secondary N) is 2. The van der Waals surface area contributed by atoms with Gasteiger partial charge in [-0.25, -0.2) is 4.99 Å². The Balaban J connectivity index is 0.00000392. The van der Waals surface area contributed by atoms with Crippen molar-refractivity contribution in [1.29, 1.82) is 0 Å². The van der Waals surface area contributed by atoms with Crippen molar-refractivity contribution in [1.82, 2.24) is 15.5 Å². The van der Waals surface area contributed by atoms with Crippen LogP contribution in [0.15, 0.2) is 23.2 Å². The third-order valence-electron chi connectivity index (χ3n) is 4.94. The molecule has 0 amide bonds. The van der Waals surface area contributed by atoms with Gasteiger partial charge >= 0.3 is 0 Å². The Hall–Kier alpha value is -1.22. The molecular weight excluding hydrogens is 467 g/mol. The molecule has 0 unspecified atom stereocenters. The summed E-state index contributed by atoms with van der Waals surface area (Å²) >= 11 is 0. The van der Waals surface area contributed by atoms with E-state index in [4.69, 9.17) is 14.5 Å². The topological polar surface area (TPSA) is 58.1 Å². The van der Waals surface area contributed by atoms with E-state index in [0.29, 0.717) is 12.6 Å². The van der Waals surface area contributed by atoms with Gasteiger partial charge in [0.2, 0.25) is 0 Å². The number of nitrogens with zero attached hydrogens (tertiary/aromatic N) is 2. The molecule has 1 saturated carbocycles. The van der Waals surface area contributed by atoms with Crippen LogP contribution in [0.2, 0.25) is 0 Å². The van der Waals surface area contributed by atoms with Crippen molar-refractivity contribution in [2.45, 2.75) is 52.2 Å². The van der Waals surface area contributed by atoms with Gasteiger partial charge in [0.1, 0.15) is 0 Å². The summed E-state index contributed by atoms with van der Waals surface area (Å²) in [4.78, 5) is 7.03. The zero-order valence-electron chi connectivity index (χ0n) is 17.8. The minimum Gasteiger partial charge on any atom is -0.493 e. The molecule has 1 aromatic rings. The molecule has 160 valence electrons. The summed E-state index contributed by atoms with van der Waals surface area (Å²) in [6.45, 7) is 8.51. The van der Waals surface area contributed by atoms with Crippen LogP contribution >= 0.6 is 24.0 Å². The van der Waals surface area contributed by atoms with E-state index in [0.717, 1.165) is 62.0 Å². The summed E-state index contributed by atoms with van der Waals surface area (Å²) in [5.41, 5.74) is 1.06. The predicted molar refractivity (Wildman–Crippen MR) is 127 cm³/mol. The zero-order valence-corrected chi connectivity index (χ0v) is 20.1. The molecule has 0 bridgehead atoms. The second kappa shape index (κ2) is 13.9. The fourth-order valence-corrected chi connectivity index (χ4v) is 3.18. The Kier molecular flexibility index (Phi) is 12.3. The third-order valence-corrected chi connectivity index (χ3v) is 4.94. The highest BCUT2D eigenvalue weighted by Gasteiger charge is 2.20. The molecule has 0 spiro atoms. The number of benzene rings is 1. The molecule has 6 nitrogen and oxygen atoms in total. The van der Waals surface area contributed by atoms with Crippen LogP contribution < -0.4 is 20.1 Å². The number of hydrogen-bond donors (Lipinski definition) is 2. The van der Waals surface area contributed by atoms with Gasteiger partial charge < -0.3 is 25.0 Å². The van der Waals surface area contributed by atoms with Crippen LogP contribution in [-0.2, 0) is 6.54 Å². The summed E-state index contributed by atoms with van der Waals surface area (Å²) < 4.78 is 11.9. The zero-order chi connectivity index (χ0) is 19.5. The van der Waals surface area contributed by atoms with Crippen LogP contribution in [-0.4, -0.2) is 57.3 Å². The maximum absolute atomic E-state index is 6.31. The van der Waals surface area contributed by atoms with Crippen molar-refractivity contribution in [2.24, 2.45) is 4.99 Å². The Morgan fingerprint density at radius 3 is 2.61 bits per heavy atom. The molecule has 1 aliphatic rings. The highest BCUT2D eigenvalue weighted by molar-refractivity contribution is 14.0. The van der Waals surface area contributed by atoms with E-state index >= 15 is 0 Å². The van der Waals surface area contributed by atoms with Crippen LogP contribution in [0.5, 0.6) is 11.5 Å². The highest BCUT2D eigenvalue weighted by atomic mass is 127. The fraction of sp³-hybridized carbons (Fsp3) is 0.667. The first-order valence-electron chi connectivity index (χ1n) is 10.2. The van der Waals surface area contributed by atoms with Crippen LogP contribution in [0.1, 0.15) is 45.1 Å². The largest absolute Gasteiger partial charge is 0.493 e. The van der Waals surface area contributed by atoms with E-state index in [2.05, 4.69) is 42.5 Å². The number of halogens is 1. The van der Waals surface area contributed by atoms with Crippen LogP contribution in [0.25, 0.3) is 0 Å². The van der Waals surface area contributed by atoms with E-state index in [9.17, 15) is 0 Å². The Morgan fingerprint density at radius 2 is 1.96 bits per heavy atom. The number of hydrogen-bond acceptors (Lipinski definition) is 4. The van der Waals surface area contributed by atoms with Gasteiger partial charge in [-0.2, -0.15) is 0 Å². The number of para-hydroxylation sites is 1. The molecule has 1 fully saturated rings. The Labute approximate surface area is 187 Å². The van der Waals surface area contributed by atoms with Crippen molar-refractivity contribution in [3.05, 3.63) is 23.8 Å². The van der Waals surface area contributed by atoms with Gasteiger partial charge in [0, 0.05) is 25.2 Å². The summed E-state index contributed by atoms with van der Waals surface area (Å²) in [5, 5.41) is 6.72. The first-order chi connectivity index (χ1) is 13.2. The van der Waals surface area contributed by atoms with Crippen molar-refractivity contribution in [3.8, 4) is 11.5 Å². The Morgan fingerprint density at radius 1 is 1.21 bits per heavy atom. The van der Waals surface area contributed by atoms with Crippen molar-refractivity contribution in [3.63, 3.8) is 0 Å². The predicted octanol–water partition coefficient (Wildman–Crippen LogP) is 3.64. The minimum absolute atomic E-state index is 0.